The second-order valence-corrected chi connectivity index (χ2v) is 7.98. The maximum absolute atomic E-state index is 14.4. The lowest BCUT2D eigenvalue weighted by molar-refractivity contribution is 0.0996. The summed E-state index contributed by atoms with van der Waals surface area (Å²) >= 11 is 0. The van der Waals surface area contributed by atoms with Gasteiger partial charge in [-0.15, -0.1) is 0 Å². The van der Waals surface area contributed by atoms with Crippen LogP contribution in [-0.2, 0) is 15.6 Å². The molecule has 0 aliphatic carbocycles. The first-order valence-corrected chi connectivity index (χ1v) is 9.05. The molecule has 138 valence electrons. The van der Waals surface area contributed by atoms with E-state index < -0.39 is 33.0 Å². The van der Waals surface area contributed by atoms with Crippen LogP contribution in [0.2, 0.25) is 0 Å². The number of aromatic nitrogens is 1. The van der Waals surface area contributed by atoms with Gasteiger partial charge < -0.3 is 15.5 Å². The van der Waals surface area contributed by atoms with Crippen molar-refractivity contribution < 1.29 is 22.0 Å². The molecule has 2 heterocycles. The van der Waals surface area contributed by atoms with Crippen molar-refractivity contribution in [1.29, 1.82) is 0 Å². The van der Waals surface area contributed by atoms with Gasteiger partial charge in [-0.1, -0.05) is 0 Å². The Balaban J connectivity index is 1.99. The van der Waals surface area contributed by atoms with Crippen molar-refractivity contribution in [3.63, 3.8) is 0 Å². The molecule has 1 aliphatic rings. The zero-order valence-electron chi connectivity index (χ0n) is 13.9. The topological polar surface area (TPSA) is 131 Å². The number of hydrogen-bond acceptors (Lipinski definition) is 7. The summed E-state index contributed by atoms with van der Waals surface area (Å²) in [6.07, 6.45) is 2.34. The highest BCUT2D eigenvalue weighted by molar-refractivity contribution is 7.89. The van der Waals surface area contributed by atoms with Crippen LogP contribution in [-0.4, -0.2) is 42.4 Å². The standard InChI is InChI=1S/C15H16FN5O4S/c1-15(7-26(23,24)21(2)14(17)20-15)10-5-9(3-4-11(10)16)19-13(22)12-6-18-8-25-12/h3-6,8H,7H2,1-2H3,(H2,17,20)(H,19,22)/t15-/m0/s1. The Kier molecular flexibility index (Phi) is 4.18. The molecule has 0 fully saturated rings. The second-order valence-electron chi connectivity index (χ2n) is 5.98. The number of sulfonamides is 1. The van der Waals surface area contributed by atoms with E-state index in [-0.39, 0.29) is 23.0 Å². The number of rotatable bonds is 3. The van der Waals surface area contributed by atoms with Crippen LogP contribution in [0.5, 0.6) is 0 Å². The van der Waals surface area contributed by atoms with E-state index in [1.54, 1.807) is 0 Å². The van der Waals surface area contributed by atoms with E-state index in [4.69, 9.17) is 10.2 Å². The highest BCUT2D eigenvalue weighted by Gasteiger charge is 2.41. The molecule has 0 radical (unpaired) electrons. The predicted octanol–water partition coefficient (Wildman–Crippen LogP) is 0.871. The zero-order chi connectivity index (χ0) is 19.1. The van der Waals surface area contributed by atoms with Crippen molar-refractivity contribution in [2.75, 3.05) is 18.1 Å². The molecule has 3 N–H and O–H groups in total. The molecule has 26 heavy (non-hydrogen) atoms. The first kappa shape index (κ1) is 17.9. The average Bonchev–Trinajstić information content (AvgIpc) is 3.08. The first-order chi connectivity index (χ1) is 12.1. The molecular weight excluding hydrogens is 365 g/mol. The third kappa shape index (κ3) is 3.12. The first-order valence-electron chi connectivity index (χ1n) is 7.44. The number of nitrogens with one attached hydrogen (secondary N) is 1. The largest absolute Gasteiger partial charge is 0.438 e. The molecule has 1 amide bonds. The summed E-state index contributed by atoms with van der Waals surface area (Å²) in [5.74, 6) is -1.97. The third-order valence-corrected chi connectivity index (χ3v) is 5.97. The van der Waals surface area contributed by atoms with Crippen molar-refractivity contribution in [1.82, 2.24) is 9.29 Å². The van der Waals surface area contributed by atoms with Gasteiger partial charge in [0.15, 0.2) is 6.39 Å². The van der Waals surface area contributed by atoms with Gasteiger partial charge in [0.2, 0.25) is 21.7 Å². The lowest BCUT2D eigenvalue weighted by Gasteiger charge is -2.34. The van der Waals surface area contributed by atoms with Gasteiger partial charge in [0, 0.05) is 18.3 Å². The molecule has 3 rings (SSSR count). The van der Waals surface area contributed by atoms with Gasteiger partial charge in [-0.05, 0) is 25.1 Å². The number of hydrogen-bond donors (Lipinski definition) is 2. The normalized spacial score (nSPS) is 22.0. The number of carbonyl (C=O) groups excluding carboxylic acids is 1. The smallest absolute Gasteiger partial charge is 0.293 e. The number of carbonyl (C=O) groups is 1. The number of guanidine groups is 1. The highest BCUT2D eigenvalue weighted by atomic mass is 32.2. The van der Waals surface area contributed by atoms with Crippen LogP contribution in [0, 0.1) is 5.82 Å². The van der Waals surface area contributed by atoms with Gasteiger partial charge in [0.25, 0.3) is 5.91 Å². The monoisotopic (exact) mass is 381 g/mol. The number of nitrogens with two attached hydrogens (primary N) is 1. The minimum atomic E-state index is -3.75. The number of nitrogens with zero attached hydrogens (tertiary/aromatic N) is 3. The Morgan fingerprint density at radius 1 is 1.46 bits per heavy atom. The van der Waals surface area contributed by atoms with E-state index in [1.807, 2.05) is 0 Å². The molecular formula is C15H16FN5O4S. The molecule has 0 saturated carbocycles. The highest BCUT2D eigenvalue weighted by Crippen LogP contribution is 2.34. The van der Waals surface area contributed by atoms with Crippen LogP contribution in [0.15, 0.2) is 40.2 Å². The third-order valence-electron chi connectivity index (χ3n) is 4.03. The Hall–Kier alpha value is -2.95. The quantitative estimate of drug-likeness (QED) is 0.811. The SMILES string of the molecule is CN1C(N)=N[C@](C)(c2cc(NC(=O)c3cnco3)ccc2F)CS1(=O)=O. The molecule has 0 spiro atoms. The molecule has 1 aliphatic heterocycles. The van der Waals surface area contributed by atoms with Crippen LogP contribution in [0.4, 0.5) is 10.1 Å². The molecule has 0 bridgehead atoms. The fourth-order valence-electron chi connectivity index (χ4n) is 2.62. The Morgan fingerprint density at radius 2 is 2.19 bits per heavy atom. The van der Waals surface area contributed by atoms with Gasteiger partial charge in [-0.3, -0.25) is 4.79 Å². The Morgan fingerprint density at radius 3 is 2.81 bits per heavy atom. The Bertz CT molecular complexity index is 989. The summed E-state index contributed by atoms with van der Waals surface area (Å²) in [4.78, 5) is 19.8. The fourth-order valence-corrected chi connectivity index (χ4v) is 4.07. The second kappa shape index (κ2) is 6.09. The summed E-state index contributed by atoms with van der Waals surface area (Å²) in [5, 5.41) is 2.53. The van der Waals surface area contributed by atoms with Gasteiger partial charge in [0.1, 0.15) is 11.4 Å². The van der Waals surface area contributed by atoms with Crippen LogP contribution in [0.1, 0.15) is 23.0 Å². The van der Waals surface area contributed by atoms with Gasteiger partial charge >= 0.3 is 0 Å². The summed E-state index contributed by atoms with van der Waals surface area (Å²) < 4.78 is 44.7. The van der Waals surface area contributed by atoms with Gasteiger partial charge in [-0.25, -0.2) is 27.1 Å². The van der Waals surface area contributed by atoms with Crippen LogP contribution >= 0.6 is 0 Å². The molecule has 1 aromatic carbocycles. The lowest BCUT2D eigenvalue weighted by atomic mass is 9.93. The van der Waals surface area contributed by atoms with E-state index in [0.29, 0.717) is 0 Å². The van der Waals surface area contributed by atoms with Crippen LogP contribution < -0.4 is 11.1 Å². The molecule has 2 aromatic rings. The number of halogens is 1. The number of oxazole rings is 1. The number of benzene rings is 1. The fraction of sp³-hybridized carbons (Fsp3) is 0.267. The molecule has 0 saturated heterocycles. The van der Waals surface area contributed by atoms with Crippen molar-refractivity contribution >= 4 is 27.6 Å². The maximum Gasteiger partial charge on any atom is 0.293 e. The van der Waals surface area contributed by atoms with Crippen molar-refractivity contribution in [3.8, 4) is 0 Å². The van der Waals surface area contributed by atoms with Crippen molar-refractivity contribution in [3.05, 3.63) is 47.9 Å². The number of anilines is 1. The minimum Gasteiger partial charge on any atom is -0.438 e. The van der Waals surface area contributed by atoms with Crippen LogP contribution in [0.3, 0.4) is 0 Å². The maximum atomic E-state index is 14.4. The van der Waals surface area contributed by atoms with Crippen LogP contribution in [0.25, 0.3) is 0 Å². The number of amides is 1. The molecule has 1 atom stereocenters. The lowest BCUT2D eigenvalue weighted by Crippen LogP contribution is -2.50. The van der Waals surface area contributed by atoms with Crippen molar-refractivity contribution in [2.24, 2.45) is 10.7 Å². The van der Waals surface area contributed by atoms with Gasteiger partial charge in [0.05, 0.1) is 11.9 Å². The minimum absolute atomic E-state index is 0.00695. The zero-order valence-corrected chi connectivity index (χ0v) is 14.7. The molecule has 1 aromatic heterocycles. The Labute approximate surface area is 148 Å². The van der Waals surface area contributed by atoms with Gasteiger partial charge in [-0.2, -0.15) is 0 Å². The van der Waals surface area contributed by atoms with E-state index in [1.165, 1.54) is 32.3 Å². The molecule has 11 heteroatoms. The van der Waals surface area contributed by atoms with E-state index >= 15 is 0 Å². The molecule has 0 unspecified atom stereocenters. The van der Waals surface area contributed by atoms with Crippen molar-refractivity contribution in [2.45, 2.75) is 12.5 Å². The summed E-state index contributed by atoms with van der Waals surface area (Å²) in [5.41, 5.74) is 4.48. The summed E-state index contributed by atoms with van der Waals surface area (Å²) in [6.45, 7) is 1.46. The van der Waals surface area contributed by atoms with E-state index in [2.05, 4.69) is 15.3 Å². The summed E-state index contributed by atoms with van der Waals surface area (Å²) in [6, 6.07) is 3.78. The molecule has 9 nitrogen and oxygen atoms in total. The van der Waals surface area contributed by atoms with E-state index in [0.717, 1.165) is 16.8 Å². The number of aliphatic imine (C=N–C) groups is 1. The van der Waals surface area contributed by atoms with E-state index in [9.17, 15) is 17.6 Å². The summed E-state index contributed by atoms with van der Waals surface area (Å²) in [7, 11) is -2.48. The average molecular weight is 381 g/mol. The predicted molar refractivity (Wildman–Crippen MR) is 91.4 cm³/mol.